The van der Waals surface area contributed by atoms with Crippen LogP contribution >= 0.6 is 0 Å². The highest BCUT2D eigenvalue weighted by atomic mass is 19.4. The number of rotatable bonds is 1. The van der Waals surface area contributed by atoms with Crippen LogP contribution in [0.5, 0.6) is 0 Å². The third-order valence-electron chi connectivity index (χ3n) is 1.42. The van der Waals surface area contributed by atoms with Crippen LogP contribution in [-0.4, -0.2) is 19.1 Å². The van der Waals surface area contributed by atoms with Gasteiger partial charge in [-0.15, -0.1) is 0 Å². The van der Waals surface area contributed by atoms with E-state index in [1.165, 1.54) is 14.1 Å². The van der Waals surface area contributed by atoms with Gasteiger partial charge in [-0.25, -0.2) is 0 Å². The van der Waals surface area contributed by atoms with E-state index < -0.39 is 29.3 Å². The molecule has 0 atom stereocenters. The Kier molecular flexibility index (Phi) is 2.69. The van der Waals surface area contributed by atoms with Crippen molar-refractivity contribution < 1.29 is 22.0 Å². The first-order valence-electron chi connectivity index (χ1n) is 3.68. The molecule has 4 nitrogen and oxygen atoms in total. The molecule has 0 amide bonds. The number of hydrogen-bond donors (Lipinski definition) is 0. The molecule has 15 heavy (non-hydrogen) atoms. The normalized spacial score (nSPS) is 11.6. The molecule has 0 saturated carbocycles. The van der Waals surface area contributed by atoms with Crippen molar-refractivity contribution in [1.29, 1.82) is 0 Å². The van der Waals surface area contributed by atoms with Crippen LogP contribution < -0.4 is 10.5 Å². The second-order valence-corrected chi connectivity index (χ2v) is 2.84. The van der Waals surface area contributed by atoms with E-state index in [-0.39, 0.29) is 0 Å². The van der Waals surface area contributed by atoms with Crippen molar-refractivity contribution in [3.8, 4) is 0 Å². The van der Waals surface area contributed by atoms with Gasteiger partial charge in [0.2, 0.25) is 5.82 Å². The summed E-state index contributed by atoms with van der Waals surface area (Å²) in [5, 5.41) is 0. The molecule has 0 unspecified atom stereocenters. The Morgan fingerprint density at radius 1 is 1.33 bits per heavy atom. The van der Waals surface area contributed by atoms with E-state index in [1.807, 2.05) is 0 Å². The van der Waals surface area contributed by atoms with Gasteiger partial charge >= 0.3 is 17.8 Å². The van der Waals surface area contributed by atoms with Gasteiger partial charge in [-0.3, -0.25) is 4.79 Å². The van der Waals surface area contributed by atoms with Gasteiger partial charge in [0.25, 0.3) is 5.76 Å². The van der Waals surface area contributed by atoms with Crippen molar-refractivity contribution in [2.75, 3.05) is 19.0 Å². The molecule has 84 valence electrons. The van der Waals surface area contributed by atoms with Gasteiger partial charge < -0.3 is 9.32 Å². The summed E-state index contributed by atoms with van der Waals surface area (Å²) in [5.74, 6) is -4.00. The van der Waals surface area contributed by atoms with Gasteiger partial charge in [0.15, 0.2) is 0 Å². The zero-order chi connectivity index (χ0) is 11.8. The molecule has 0 radical (unpaired) electrons. The lowest BCUT2D eigenvalue weighted by Gasteiger charge is -2.11. The first-order valence-corrected chi connectivity index (χ1v) is 3.68. The fraction of sp³-hybridized carbons (Fsp3) is 0.429. The first-order chi connectivity index (χ1) is 6.73. The molecule has 8 heteroatoms. The van der Waals surface area contributed by atoms with Crippen LogP contribution in [0.25, 0.3) is 0 Å². The Balaban J connectivity index is 3.46. The number of alkyl halides is 3. The van der Waals surface area contributed by atoms with Crippen LogP contribution in [0.1, 0.15) is 5.76 Å². The van der Waals surface area contributed by atoms with Crippen LogP contribution in [0.3, 0.4) is 0 Å². The second kappa shape index (κ2) is 3.52. The van der Waals surface area contributed by atoms with Crippen molar-refractivity contribution in [3.63, 3.8) is 0 Å². The van der Waals surface area contributed by atoms with Crippen LogP contribution in [0, 0.1) is 5.82 Å². The number of aromatic nitrogens is 1. The molecule has 0 aromatic carbocycles. The molecular formula is C7H6F4N2O2. The topological polar surface area (TPSA) is 46.3 Å². The van der Waals surface area contributed by atoms with Crippen molar-refractivity contribution in [3.05, 3.63) is 21.9 Å². The van der Waals surface area contributed by atoms with E-state index in [9.17, 15) is 22.4 Å². The monoisotopic (exact) mass is 226 g/mol. The zero-order valence-corrected chi connectivity index (χ0v) is 7.72. The van der Waals surface area contributed by atoms with E-state index in [4.69, 9.17) is 0 Å². The molecule has 0 saturated heterocycles. The number of anilines is 1. The lowest BCUT2D eigenvalue weighted by atomic mass is 10.4. The minimum absolute atomic E-state index is 0.603. The fourth-order valence-electron chi connectivity index (χ4n) is 0.766. The average Bonchev–Trinajstić information content (AvgIpc) is 2.06. The van der Waals surface area contributed by atoms with Gasteiger partial charge in [0.1, 0.15) is 0 Å². The van der Waals surface area contributed by atoms with E-state index in [0.717, 1.165) is 4.90 Å². The van der Waals surface area contributed by atoms with Gasteiger partial charge in [-0.1, -0.05) is 0 Å². The van der Waals surface area contributed by atoms with Gasteiger partial charge in [0, 0.05) is 14.1 Å². The lowest BCUT2D eigenvalue weighted by molar-refractivity contribution is -0.157. The summed E-state index contributed by atoms with van der Waals surface area (Å²) in [6, 6.07) is -0.603. The molecule has 1 aromatic heterocycles. The van der Waals surface area contributed by atoms with Crippen LogP contribution in [0.4, 0.5) is 23.6 Å². The molecule has 1 rings (SSSR count). The number of hydrogen-bond acceptors (Lipinski definition) is 4. The van der Waals surface area contributed by atoms with Crippen molar-refractivity contribution in [2.45, 2.75) is 6.18 Å². The second-order valence-electron chi connectivity index (χ2n) is 2.84. The molecule has 0 spiro atoms. The maximum atomic E-state index is 12.7. The quantitative estimate of drug-likeness (QED) is 0.676. The Morgan fingerprint density at radius 3 is 2.27 bits per heavy atom. The molecule has 0 N–H and O–H groups in total. The molecule has 1 heterocycles. The average molecular weight is 226 g/mol. The summed E-state index contributed by atoms with van der Waals surface area (Å²) in [6.07, 6.45) is -5.06. The van der Waals surface area contributed by atoms with Crippen LogP contribution in [0.2, 0.25) is 0 Å². The summed E-state index contributed by atoms with van der Waals surface area (Å²) >= 11 is 0. The summed E-state index contributed by atoms with van der Waals surface area (Å²) in [4.78, 5) is 14.7. The zero-order valence-electron chi connectivity index (χ0n) is 7.72. The number of nitrogens with zero attached hydrogens (tertiary/aromatic N) is 2. The maximum Gasteiger partial charge on any atom is 0.452 e. The Labute approximate surface area is 81.1 Å². The molecule has 0 fully saturated rings. The molecule has 0 aliphatic heterocycles. The van der Waals surface area contributed by atoms with Crippen molar-refractivity contribution in [1.82, 2.24) is 4.98 Å². The smallest absolute Gasteiger partial charge is 0.417 e. The summed E-state index contributed by atoms with van der Waals surface area (Å²) in [5.41, 5.74) is -1.60. The van der Waals surface area contributed by atoms with Gasteiger partial charge in [-0.2, -0.15) is 22.5 Å². The first kappa shape index (κ1) is 11.5. The molecule has 0 aliphatic rings. The fourth-order valence-corrected chi connectivity index (χ4v) is 0.766. The van der Waals surface area contributed by atoms with Crippen LogP contribution in [0.15, 0.2) is 9.21 Å². The molecule has 0 bridgehead atoms. The highest BCUT2D eigenvalue weighted by Crippen LogP contribution is 2.31. The highest BCUT2D eigenvalue weighted by Gasteiger charge is 2.40. The predicted octanol–water partition coefficient (Wildman–Crippen LogP) is 1.26. The van der Waals surface area contributed by atoms with Crippen molar-refractivity contribution in [2.24, 2.45) is 0 Å². The van der Waals surface area contributed by atoms with E-state index in [0.29, 0.717) is 0 Å². The Morgan fingerprint density at radius 2 is 1.87 bits per heavy atom. The largest absolute Gasteiger partial charge is 0.452 e. The van der Waals surface area contributed by atoms with E-state index >= 15 is 0 Å². The third kappa shape index (κ3) is 2.25. The summed E-state index contributed by atoms with van der Waals surface area (Å²) < 4.78 is 53.3. The van der Waals surface area contributed by atoms with Crippen LogP contribution in [-0.2, 0) is 6.18 Å². The Bertz CT molecular complexity index is 424. The number of halogens is 4. The summed E-state index contributed by atoms with van der Waals surface area (Å²) in [7, 11) is 2.62. The van der Waals surface area contributed by atoms with Gasteiger partial charge in [-0.05, 0) is 0 Å². The van der Waals surface area contributed by atoms with E-state index in [2.05, 4.69) is 9.40 Å². The minimum atomic E-state index is -5.06. The minimum Gasteiger partial charge on any atom is -0.417 e. The lowest BCUT2D eigenvalue weighted by Crippen LogP contribution is -2.23. The Hall–Kier alpha value is -1.60. The summed E-state index contributed by atoms with van der Waals surface area (Å²) in [6.45, 7) is 0. The third-order valence-corrected chi connectivity index (χ3v) is 1.42. The highest BCUT2D eigenvalue weighted by molar-refractivity contribution is 5.23. The predicted molar refractivity (Wildman–Crippen MR) is 42.1 cm³/mol. The van der Waals surface area contributed by atoms with E-state index in [1.54, 1.807) is 0 Å². The standard InChI is InChI=1S/C7H6F4N2O2/c1-13(2)6-12-5(14)3(8)4(15-6)7(9,10)11/h1-2H3. The van der Waals surface area contributed by atoms with Gasteiger partial charge in [0.05, 0.1) is 0 Å². The van der Waals surface area contributed by atoms with Crippen molar-refractivity contribution >= 4 is 6.01 Å². The maximum absolute atomic E-state index is 12.7. The molecule has 0 aliphatic carbocycles. The molecular weight excluding hydrogens is 220 g/mol. The SMILES string of the molecule is CN(C)c1nc(=O)c(F)c(C(F)(F)F)o1. The molecule has 1 aromatic rings.